The first-order valence-corrected chi connectivity index (χ1v) is 6.39. The fourth-order valence-electron chi connectivity index (χ4n) is 1.37. The van der Waals surface area contributed by atoms with Gasteiger partial charge in [-0.3, -0.25) is 4.79 Å². The van der Waals surface area contributed by atoms with Crippen molar-refractivity contribution in [2.75, 3.05) is 18.8 Å². The highest BCUT2D eigenvalue weighted by atomic mass is 32.2. The van der Waals surface area contributed by atoms with Gasteiger partial charge in [-0.1, -0.05) is 13.8 Å². The molecule has 0 bridgehead atoms. The van der Waals surface area contributed by atoms with Crippen molar-refractivity contribution in [2.24, 2.45) is 5.92 Å². The number of thioether (sulfide) groups is 1. The Morgan fingerprint density at radius 1 is 1.64 bits per heavy atom. The van der Waals surface area contributed by atoms with Gasteiger partial charge in [0.15, 0.2) is 0 Å². The number of rotatable bonds is 4. The van der Waals surface area contributed by atoms with Gasteiger partial charge in [-0.15, -0.1) is 11.8 Å². The summed E-state index contributed by atoms with van der Waals surface area (Å²) in [6.45, 7) is 6.13. The van der Waals surface area contributed by atoms with Crippen LogP contribution in [-0.4, -0.2) is 30.1 Å². The Kier molecular flexibility index (Phi) is 5.33. The van der Waals surface area contributed by atoms with Gasteiger partial charge in [0.25, 0.3) is 0 Å². The van der Waals surface area contributed by atoms with E-state index in [4.69, 9.17) is 0 Å². The van der Waals surface area contributed by atoms with E-state index in [-0.39, 0.29) is 5.91 Å². The van der Waals surface area contributed by atoms with Crippen molar-refractivity contribution in [3.05, 3.63) is 0 Å². The highest BCUT2D eigenvalue weighted by Crippen LogP contribution is 2.20. The normalized spacial score (nSPS) is 27.3. The minimum atomic E-state index is 0.173. The molecular formula is C10H20N2OS. The highest BCUT2D eigenvalue weighted by molar-refractivity contribution is 7.99. The van der Waals surface area contributed by atoms with Crippen molar-refractivity contribution >= 4 is 17.7 Å². The van der Waals surface area contributed by atoms with Crippen molar-refractivity contribution in [1.82, 2.24) is 10.6 Å². The predicted molar refractivity (Wildman–Crippen MR) is 61.3 cm³/mol. The van der Waals surface area contributed by atoms with E-state index < -0.39 is 0 Å². The van der Waals surface area contributed by atoms with Crippen LogP contribution in [0.2, 0.25) is 0 Å². The summed E-state index contributed by atoms with van der Waals surface area (Å²) < 4.78 is 0. The Hall–Kier alpha value is -0.220. The monoisotopic (exact) mass is 216 g/mol. The summed E-state index contributed by atoms with van der Waals surface area (Å²) in [6.07, 6.45) is 1.62. The van der Waals surface area contributed by atoms with Gasteiger partial charge < -0.3 is 10.6 Å². The average molecular weight is 216 g/mol. The standard InChI is InChI=1S/C10H20N2OS/c1-3-4-11-9(13)5-10-12-6-8(2)7-14-10/h8,10,12H,3-7H2,1-2H3,(H,11,13). The lowest BCUT2D eigenvalue weighted by Crippen LogP contribution is -2.40. The van der Waals surface area contributed by atoms with Crippen LogP contribution in [0.4, 0.5) is 0 Å². The van der Waals surface area contributed by atoms with E-state index in [1.807, 2.05) is 11.8 Å². The van der Waals surface area contributed by atoms with Crippen LogP contribution in [0.15, 0.2) is 0 Å². The van der Waals surface area contributed by atoms with Crippen LogP contribution in [0.1, 0.15) is 26.7 Å². The molecule has 0 aromatic heterocycles. The molecule has 1 aliphatic heterocycles. The fraction of sp³-hybridized carbons (Fsp3) is 0.900. The topological polar surface area (TPSA) is 41.1 Å². The van der Waals surface area contributed by atoms with Crippen LogP contribution in [0.5, 0.6) is 0 Å². The van der Waals surface area contributed by atoms with Crippen LogP contribution >= 0.6 is 11.8 Å². The van der Waals surface area contributed by atoms with Crippen LogP contribution in [-0.2, 0) is 4.79 Å². The number of hydrogen-bond donors (Lipinski definition) is 2. The Labute approximate surface area is 90.4 Å². The second kappa shape index (κ2) is 6.30. The lowest BCUT2D eigenvalue weighted by atomic mass is 10.2. The first-order chi connectivity index (χ1) is 6.72. The van der Waals surface area contributed by atoms with Gasteiger partial charge >= 0.3 is 0 Å². The summed E-state index contributed by atoms with van der Waals surface area (Å²) >= 11 is 1.86. The van der Waals surface area contributed by atoms with Crippen molar-refractivity contribution in [3.63, 3.8) is 0 Å². The summed E-state index contributed by atoms with van der Waals surface area (Å²) in [5.41, 5.74) is 0. The second-order valence-corrected chi connectivity index (χ2v) is 5.13. The van der Waals surface area contributed by atoms with Gasteiger partial charge in [0.05, 0.1) is 11.8 Å². The van der Waals surface area contributed by atoms with Crippen molar-refractivity contribution in [2.45, 2.75) is 32.1 Å². The molecule has 0 radical (unpaired) electrons. The average Bonchev–Trinajstić information content (AvgIpc) is 2.18. The van der Waals surface area contributed by atoms with Crippen LogP contribution in [0.3, 0.4) is 0 Å². The SMILES string of the molecule is CCCNC(=O)CC1NCC(C)CS1. The first kappa shape index (κ1) is 11.9. The summed E-state index contributed by atoms with van der Waals surface area (Å²) in [6, 6.07) is 0. The summed E-state index contributed by atoms with van der Waals surface area (Å²) in [4.78, 5) is 11.4. The zero-order valence-electron chi connectivity index (χ0n) is 9.01. The van der Waals surface area contributed by atoms with E-state index in [0.717, 1.165) is 25.4 Å². The molecule has 0 spiro atoms. The smallest absolute Gasteiger partial charge is 0.222 e. The van der Waals surface area contributed by atoms with Crippen LogP contribution in [0.25, 0.3) is 0 Å². The van der Waals surface area contributed by atoms with E-state index in [9.17, 15) is 4.79 Å². The maximum Gasteiger partial charge on any atom is 0.222 e. The highest BCUT2D eigenvalue weighted by Gasteiger charge is 2.19. The third kappa shape index (κ3) is 4.33. The minimum absolute atomic E-state index is 0.173. The second-order valence-electron chi connectivity index (χ2n) is 3.89. The molecule has 1 aliphatic rings. The van der Waals surface area contributed by atoms with Gasteiger partial charge in [-0.2, -0.15) is 0 Å². The summed E-state index contributed by atoms with van der Waals surface area (Å²) in [5, 5.41) is 6.60. The maximum atomic E-state index is 11.4. The molecule has 14 heavy (non-hydrogen) atoms. The molecule has 0 saturated carbocycles. The van der Waals surface area contributed by atoms with Crippen molar-refractivity contribution in [3.8, 4) is 0 Å². The van der Waals surface area contributed by atoms with Gasteiger partial charge in [0, 0.05) is 6.54 Å². The summed E-state index contributed by atoms with van der Waals surface area (Å²) in [5.74, 6) is 2.07. The van der Waals surface area contributed by atoms with E-state index in [0.29, 0.717) is 11.8 Å². The Morgan fingerprint density at radius 2 is 2.43 bits per heavy atom. The molecule has 1 saturated heterocycles. The Balaban J connectivity index is 2.14. The van der Waals surface area contributed by atoms with Gasteiger partial charge in [-0.25, -0.2) is 0 Å². The summed E-state index contributed by atoms with van der Waals surface area (Å²) in [7, 11) is 0. The molecule has 1 fully saturated rings. The van der Waals surface area contributed by atoms with Crippen LogP contribution in [0, 0.1) is 5.92 Å². The van der Waals surface area contributed by atoms with Gasteiger partial charge in [0.2, 0.25) is 5.91 Å². The number of carbonyl (C=O) groups is 1. The maximum absolute atomic E-state index is 11.4. The molecule has 0 aliphatic carbocycles. The minimum Gasteiger partial charge on any atom is -0.356 e. The molecule has 2 N–H and O–H groups in total. The largest absolute Gasteiger partial charge is 0.356 e. The van der Waals surface area contributed by atoms with Gasteiger partial charge in [-0.05, 0) is 24.6 Å². The molecule has 82 valence electrons. The molecule has 0 aromatic carbocycles. The lowest BCUT2D eigenvalue weighted by Gasteiger charge is -2.26. The molecule has 4 heteroatoms. The van der Waals surface area contributed by atoms with E-state index in [1.165, 1.54) is 5.75 Å². The number of hydrogen-bond acceptors (Lipinski definition) is 3. The lowest BCUT2D eigenvalue weighted by molar-refractivity contribution is -0.121. The molecule has 1 heterocycles. The predicted octanol–water partition coefficient (Wildman–Crippen LogP) is 1.20. The Morgan fingerprint density at radius 3 is 3.00 bits per heavy atom. The molecule has 3 nitrogen and oxygen atoms in total. The van der Waals surface area contributed by atoms with E-state index >= 15 is 0 Å². The molecule has 2 unspecified atom stereocenters. The third-order valence-electron chi connectivity index (χ3n) is 2.22. The van der Waals surface area contributed by atoms with Crippen LogP contribution < -0.4 is 10.6 Å². The number of nitrogens with one attached hydrogen (secondary N) is 2. The molecule has 1 rings (SSSR count). The van der Waals surface area contributed by atoms with E-state index in [2.05, 4.69) is 24.5 Å². The van der Waals surface area contributed by atoms with Crippen molar-refractivity contribution in [1.29, 1.82) is 0 Å². The van der Waals surface area contributed by atoms with E-state index in [1.54, 1.807) is 0 Å². The molecule has 2 atom stereocenters. The first-order valence-electron chi connectivity index (χ1n) is 5.34. The molecule has 1 amide bonds. The van der Waals surface area contributed by atoms with Gasteiger partial charge in [0.1, 0.15) is 0 Å². The number of carbonyl (C=O) groups excluding carboxylic acids is 1. The zero-order valence-corrected chi connectivity index (χ0v) is 9.82. The van der Waals surface area contributed by atoms with Crippen molar-refractivity contribution < 1.29 is 4.79 Å². The zero-order chi connectivity index (χ0) is 10.4. The Bertz CT molecular complexity index is 179. The third-order valence-corrected chi connectivity index (χ3v) is 3.72. The number of amides is 1. The molecular weight excluding hydrogens is 196 g/mol. The molecule has 0 aromatic rings. The fourth-order valence-corrected chi connectivity index (χ4v) is 2.53. The quantitative estimate of drug-likeness (QED) is 0.742.